The minimum atomic E-state index is -0.907. The quantitative estimate of drug-likeness (QED) is 0.775. The number of aromatic nitrogens is 1. The predicted molar refractivity (Wildman–Crippen MR) is 60.0 cm³/mol. The molecular weight excluding hydrogens is 202 g/mol. The van der Waals surface area contributed by atoms with E-state index in [0.717, 1.165) is 11.3 Å². The van der Waals surface area contributed by atoms with Crippen molar-refractivity contribution < 1.29 is 14.5 Å². The van der Waals surface area contributed by atoms with Crippen LogP contribution >= 0.6 is 0 Å². The molecule has 3 heteroatoms. The number of benzene rings is 1. The molecule has 1 aromatic heterocycles. The molecule has 1 N–H and O–H groups in total. The first-order chi connectivity index (χ1) is 7.68. The molecule has 0 saturated carbocycles. The van der Waals surface area contributed by atoms with Gasteiger partial charge in [-0.25, -0.2) is 9.36 Å². The largest absolute Gasteiger partial charge is 0.477 e. The lowest BCUT2D eigenvalue weighted by Crippen LogP contribution is -2.31. The van der Waals surface area contributed by atoms with Crippen molar-refractivity contribution in [2.45, 2.75) is 0 Å². The molecule has 0 aliphatic heterocycles. The van der Waals surface area contributed by atoms with Crippen molar-refractivity contribution in [1.82, 2.24) is 0 Å². The maximum atomic E-state index is 10.8. The van der Waals surface area contributed by atoms with Crippen LogP contribution in [0, 0.1) is 0 Å². The highest BCUT2D eigenvalue weighted by molar-refractivity contribution is 5.87. The summed E-state index contributed by atoms with van der Waals surface area (Å²) in [4.78, 5) is 10.8. The Hall–Kier alpha value is -2.16. The van der Waals surface area contributed by atoms with Crippen LogP contribution in [0.15, 0.2) is 48.7 Å². The summed E-state index contributed by atoms with van der Waals surface area (Å²) in [7, 11) is 1.84. The van der Waals surface area contributed by atoms with Gasteiger partial charge in [-0.15, -0.1) is 0 Å². The zero-order valence-electron chi connectivity index (χ0n) is 8.92. The summed E-state index contributed by atoms with van der Waals surface area (Å²) in [6.45, 7) is 0. The second-order valence-electron chi connectivity index (χ2n) is 3.59. The van der Waals surface area contributed by atoms with Crippen LogP contribution in [0.3, 0.4) is 0 Å². The van der Waals surface area contributed by atoms with Crippen LogP contribution in [0.25, 0.3) is 11.3 Å². The lowest BCUT2D eigenvalue weighted by Gasteiger charge is -2.00. The van der Waals surface area contributed by atoms with E-state index in [1.165, 1.54) is 0 Å². The van der Waals surface area contributed by atoms with Crippen molar-refractivity contribution >= 4 is 5.97 Å². The summed E-state index contributed by atoms with van der Waals surface area (Å²) < 4.78 is 1.82. The Kier molecular flexibility index (Phi) is 2.68. The number of nitrogens with zero attached hydrogens (tertiary/aromatic N) is 1. The van der Waals surface area contributed by atoms with Crippen molar-refractivity contribution in [3.05, 3.63) is 54.2 Å². The molecule has 1 aromatic carbocycles. The van der Waals surface area contributed by atoms with Crippen LogP contribution in [-0.4, -0.2) is 11.1 Å². The average molecular weight is 214 g/mol. The first kappa shape index (κ1) is 10.4. The van der Waals surface area contributed by atoms with Gasteiger partial charge in [-0.3, -0.25) is 0 Å². The van der Waals surface area contributed by atoms with Crippen molar-refractivity contribution in [3.63, 3.8) is 0 Å². The third-order valence-electron chi connectivity index (χ3n) is 2.45. The summed E-state index contributed by atoms with van der Waals surface area (Å²) in [5, 5.41) is 8.86. The minimum absolute atomic E-state index is 0.294. The van der Waals surface area contributed by atoms with Crippen LogP contribution in [0.2, 0.25) is 0 Å². The molecule has 0 fully saturated rings. The second kappa shape index (κ2) is 4.14. The van der Waals surface area contributed by atoms with Gasteiger partial charge in [0.1, 0.15) is 12.6 Å². The smallest absolute Gasteiger partial charge is 0.341 e. The van der Waals surface area contributed by atoms with Gasteiger partial charge in [0.15, 0.2) is 6.20 Å². The van der Waals surface area contributed by atoms with Gasteiger partial charge in [-0.05, 0) is 18.2 Å². The number of aromatic carboxylic acids is 1. The topological polar surface area (TPSA) is 41.2 Å². The van der Waals surface area contributed by atoms with Crippen molar-refractivity contribution in [2.75, 3.05) is 0 Å². The highest BCUT2D eigenvalue weighted by atomic mass is 16.4. The van der Waals surface area contributed by atoms with Crippen molar-refractivity contribution in [1.29, 1.82) is 0 Å². The summed E-state index contributed by atoms with van der Waals surface area (Å²) in [5.74, 6) is -0.907. The molecule has 2 rings (SSSR count). The number of aryl methyl sites for hydroxylation is 1. The zero-order valence-corrected chi connectivity index (χ0v) is 8.92. The van der Waals surface area contributed by atoms with E-state index >= 15 is 0 Å². The molecule has 0 bridgehead atoms. The summed E-state index contributed by atoms with van der Waals surface area (Å²) in [5.41, 5.74) is 2.36. The minimum Gasteiger partial charge on any atom is -0.477 e. The molecule has 0 aliphatic rings. The lowest BCUT2D eigenvalue weighted by atomic mass is 10.1. The number of rotatable bonds is 2. The second-order valence-corrected chi connectivity index (χ2v) is 3.59. The SMILES string of the molecule is C[n+]1cc(C(=O)O)ccc1-c1ccccc1. The van der Waals surface area contributed by atoms with E-state index in [0.29, 0.717) is 5.56 Å². The lowest BCUT2D eigenvalue weighted by molar-refractivity contribution is -0.660. The first-order valence-corrected chi connectivity index (χ1v) is 4.97. The van der Waals surface area contributed by atoms with Gasteiger partial charge in [0.2, 0.25) is 5.69 Å². The third kappa shape index (κ3) is 1.93. The van der Waals surface area contributed by atoms with E-state index in [9.17, 15) is 4.79 Å². The van der Waals surface area contributed by atoms with E-state index in [2.05, 4.69) is 0 Å². The molecule has 0 atom stereocenters. The molecular formula is C13H12NO2+. The number of hydrogen-bond acceptors (Lipinski definition) is 1. The van der Waals surface area contributed by atoms with Gasteiger partial charge in [0.05, 0.1) is 0 Å². The Morgan fingerprint density at radius 2 is 1.81 bits per heavy atom. The number of pyridine rings is 1. The van der Waals surface area contributed by atoms with Gasteiger partial charge in [0, 0.05) is 11.6 Å². The molecule has 80 valence electrons. The molecule has 0 spiro atoms. The van der Waals surface area contributed by atoms with Gasteiger partial charge in [-0.1, -0.05) is 18.2 Å². The Labute approximate surface area is 93.6 Å². The van der Waals surface area contributed by atoms with Gasteiger partial charge in [-0.2, -0.15) is 0 Å². The molecule has 0 saturated heterocycles. The molecule has 1 heterocycles. The fraction of sp³-hybridized carbons (Fsp3) is 0.0769. The maximum absolute atomic E-state index is 10.8. The summed E-state index contributed by atoms with van der Waals surface area (Å²) >= 11 is 0. The van der Waals surface area contributed by atoms with Crippen molar-refractivity contribution in [3.8, 4) is 11.3 Å². The summed E-state index contributed by atoms with van der Waals surface area (Å²) in [6, 6.07) is 13.3. The highest BCUT2D eigenvalue weighted by Gasteiger charge is 2.13. The molecule has 0 unspecified atom stereocenters. The monoisotopic (exact) mass is 214 g/mol. The van der Waals surface area contributed by atoms with Gasteiger partial charge < -0.3 is 5.11 Å². The van der Waals surface area contributed by atoms with E-state index in [1.54, 1.807) is 12.3 Å². The van der Waals surface area contributed by atoms with Crippen molar-refractivity contribution in [2.24, 2.45) is 7.05 Å². The Morgan fingerprint density at radius 1 is 1.12 bits per heavy atom. The number of carbonyl (C=O) groups is 1. The molecule has 0 aliphatic carbocycles. The molecule has 0 amide bonds. The standard InChI is InChI=1S/C13H11NO2/c1-14-9-11(13(15)16)7-8-12(14)10-5-3-2-4-6-10/h2-9H,1H3/p+1. The number of carboxylic acids is 1. The highest BCUT2D eigenvalue weighted by Crippen LogP contribution is 2.14. The number of carboxylic acid groups (broad SMARTS) is 1. The van der Waals surface area contributed by atoms with Crippen LogP contribution in [-0.2, 0) is 7.05 Å². The molecule has 2 aromatic rings. The van der Waals surface area contributed by atoms with Crippen LogP contribution < -0.4 is 4.57 Å². The van der Waals surface area contributed by atoms with E-state index in [4.69, 9.17) is 5.11 Å². The molecule has 3 nitrogen and oxygen atoms in total. The first-order valence-electron chi connectivity index (χ1n) is 4.97. The molecule has 0 radical (unpaired) electrons. The zero-order chi connectivity index (χ0) is 11.5. The van der Waals surface area contributed by atoms with E-state index in [-0.39, 0.29) is 0 Å². The number of hydrogen-bond donors (Lipinski definition) is 1. The van der Waals surface area contributed by atoms with Crippen LogP contribution in [0.1, 0.15) is 10.4 Å². The third-order valence-corrected chi connectivity index (χ3v) is 2.45. The van der Waals surface area contributed by atoms with E-state index < -0.39 is 5.97 Å². The Bertz CT molecular complexity index is 521. The fourth-order valence-electron chi connectivity index (χ4n) is 1.64. The normalized spacial score (nSPS) is 10.1. The molecule has 16 heavy (non-hydrogen) atoms. The summed E-state index contributed by atoms with van der Waals surface area (Å²) in [6.07, 6.45) is 1.62. The van der Waals surface area contributed by atoms with Crippen LogP contribution in [0.4, 0.5) is 0 Å². The maximum Gasteiger partial charge on any atom is 0.341 e. The Balaban J connectivity index is 2.48. The fourth-order valence-corrected chi connectivity index (χ4v) is 1.64. The average Bonchev–Trinajstić information content (AvgIpc) is 2.30. The van der Waals surface area contributed by atoms with E-state index in [1.807, 2.05) is 48.0 Å². The van der Waals surface area contributed by atoms with Crippen LogP contribution in [0.5, 0.6) is 0 Å². The predicted octanol–water partition coefficient (Wildman–Crippen LogP) is 1.88. The van der Waals surface area contributed by atoms with Gasteiger partial charge >= 0.3 is 5.97 Å². The Morgan fingerprint density at radius 3 is 2.38 bits per heavy atom. The van der Waals surface area contributed by atoms with Gasteiger partial charge in [0.25, 0.3) is 0 Å².